The van der Waals surface area contributed by atoms with Crippen LogP contribution in [-0.4, -0.2) is 33.9 Å². The van der Waals surface area contributed by atoms with Crippen LogP contribution in [0.3, 0.4) is 0 Å². The Morgan fingerprint density at radius 2 is 1.97 bits per heavy atom. The fraction of sp³-hybridized carbons (Fsp3) is 0.192. The fourth-order valence-corrected chi connectivity index (χ4v) is 5.01. The second-order valence-corrected chi connectivity index (χ2v) is 9.36. The van der Waals surface area contributed by atoms with E-state index in [0.29, 0.717) is 63.8 Å². The molecule has 0 aliphatic carbocycles. The number of urea groups is 1. The number of pyridine rings is 1. The topological polar surface area (TPSA) is 98.3 Å². The molecule has 0 radical (unpaired) electrons. The van der Waals surface area contributed by atoms with Gasteiger partial charge >= 0.3 is 6.03 Å². The molecule has 1 aliphatic rings. The molecule has 3 N–H and O–H groups in total. The number of rotatable bonds is 6. The Morgan fingerprint density at radius 1 is 1.18 bits per heavy atom. The van der Waals surface area contributed by atoms with Gasteiger partial charge in [0.2, 0.25) is 0 Å². The van der Waals surface area contributed by atoms with Crippen molar-refractivity contribution in [1.82, 2.24) is 14.8 Å². The van der Waals surface area contributed by atoms with Crippen molar-refractivity contribution in [3.05, 3.63) is 81.6 Å². The molecule has 0 unspecified atom stereocenters. The van der Waals surface area contributed by atoms with Gasteiger partial charge in [0.15, 0.2) is 0 Å². The van der Waals surface area contributed by atoms with E-state index in [1.165, 1.54) is 6.20 Å². The van der Waals surface area contributed by atoms with E-state index in [-0.39, 0.29) is 17.8 Å². The number of nitrogens with zero attached hydrogens (tertiary/aromatic N) is 4. The minimum atomic E-state index is -1.01. The third kappa shape index (κ3) is 4.84. The number of fused-ring (bicyclic) bond motifs is 1. The predicted molar refractivity (Wildman–Crippen MR) is 142 cm³/mol. The number of carbonyl (C=O) groups excluding carboxylic acids is 1. The average Bonchev–Trinajstić information content (AvgIpc) is 3.24. The average molecular weight is 559 g/mol. The van der Waals surface area contributed by atoms with E-state index in [1.807, 2.05) is 24.0 Å². The molecule has 2 aromatic carbocycles. The van der Waals surface area contributed by atoms with E-state index in [9.17, 15) is 4.79 Å². The van der Waals surface area contributed by atoms with Gasteiger partial charge in [-0.25, -0.2) is 23.2 Å². The molecule has 196 valence electrons. The van der Waals surface area contributed by atoms with E-state index in [0.717, 1.165) is 12.1 Å². The standard InChI is InChI=1S/C26H22Cl2F2N6O2/c1-2-38-23-6-4-3-5-22(23)36-24(15-10-19(30)21(11-18(15)29)33-26(31)37)16-13-35(8-7-20(16)34-36)25-17(28)9-14(27)12-32-25/h3-6,9-12H,2,7-8,13H2,1H3,(H3,31,33,37). The Hall–Kier alpha value is -3.89. The number of carbonyl (C=O) groups is 1. The van der Waals surface area contributed by atoms with Gasteiger partial charge in [0, 0.05) is 42.9 Å². The maximum absolute atomic E-state index is 15.6. The number of hydrogen-bond acceptors (Lipinski definition) is 5. The smallest absolute Gasteiger partial charge is 0.316 e. The van der Waals surface area contributed by atoms with Crippen LogP contribution in [0.1, 0.15) is 18.2 Å². The highest BCUT2D eigenvalue weighted by atomic mass is 35.5. The molecule has 0 spiro atoms. The summed E-state index contributed by atoms with van der Waals surface area (Å²) in [5, 5.41) is 7.68. The Kier molecular flexibility index (Phi) is 7.09. The Bertz CT molecular complexity index is 1540. The Labute approximate surface area is 226 Å². The molecule has 0 bridgehead atoms. The summed E-state index contributed by atoms with van der Waals surface area (Å²) in [7, 11) is 0. The molecule has 8 nitrogen and oxygen atoms in total. The van der Waals surface area contributed by atoms with Crippen LogP contribution in [0.25, 0.3) is 16.9 Å². The zero-order chi connectivity index (χ0) is 27.0. The zero-order valence-electron chi connectivity index (χ0n) is 20.1. The molecule has 2 amide bonds. The van der Waals surface area contributed by atoms with Gasteiger partial charge < -0.3 is 20.7 Å². The van der Waals surface area contributed by atoms with Crippen molar-refractivity contribution < 1.29 is 18.3 Å². The number of primary amides is 1. The van der Waals surface area contributed by atoms with Gasteiger partial charge in [-0.15, -0.1) is 0 Å². The molecule has 0 fully saturated rings. The first-order valence-corrected chi connectivity index (χ1v) is 12.5. The lowest BCUT2D eigenvalue weighted by Gasteiger charge is -2.28. The number of amides is 2. The summed E-state index contributed by atoms with van der Waals surface area (Å²) in [4.78, 5) is 17.6. The van der Waals surface area contributed by atoms with E-state index < -0.39 is 17.7 Å². The summed E-state index contributed by atoms with van der Waals surface area (Å²) in [5.74, 6) is -0.575. The quantitative estimate of drug-likeness (QED) is 0.303. The monoisotopic (exact) mass is 558 g/mol. The van der Waals surface area contributed by atoms with Crippen molar-refractivity contribution in [2.24, 2.45) is 5.73 Å². The van der Waals surface area contributed by atoms with Gasteiger partial charge in [-0.2, -0.15) is 5.10 Å². The summed E-state index contributed by atoms with van der Waals surface area (Å²) < 4.78 is 38.0. The summed E-state index contributed by atoms with van der Waals surface area (Å²) >= 11 is 12.5. The van der Waals surface area contributed by atoms with Crippen LogP contribution >= 0.6 is 23.2 Å². The molecule has 3 heterocycles. The fourth-order valence-electron chi connectivity index (χ4n) is 4.51. The van der Waals surface area contributed by atoms with Crippen LogP contribution in [0.15, 0.2) is 48.7 Å². The lowest BCUT2D eigenvalue weighted by atomic mass is 9.99. The second-order valence-electron chi connectivity index (χ2n) is 8.52. The summed E-state index contributed by atoms with van der Waals surface area (Å²) in [6.07, 6.45) is 2.00. The Morgan fingerprint density at radius 3 is 2.71 bits per heavy atom. The number of aromatic nitrogens is 3. The zero-order valence-corrected chi connectivity index (χ0v) is 21.7. The van der Waals surface area contributed by atoms with Crippen molar-refractivity contribution >= 4 is 40.7 Å². The number of ether oxygens (including phenoxy) is 1. The number of para-hydroxylation sites is 2. The number of anilines is 2. The normalized spacial score (nSPS) is 12.8. The first-order chi connectivity index (χ1) is 18.3. The molecular formula is C26H22Cl2F2N6O2. The SMILES string of the molecule is CCOc1ccccc1-n1nc2c(c1-c1cc(F)c(NC(N)=O)cc1F)CN(c1ncc(Cl)cc1Cl)CC2. The van der Waals surface area contributed by atoms with E-state index in [4.69, 9.17) is 38.8 Å². The maximum Gasteiger partial charge on any atom is 0.316 e. The molecule has 0 saturated heterocycles. The summed E-state index contributed by atoms with van der Waals surface area (Å²) in [5.41, 5.74) is 6.98. The first-order valence-electron chi connectivity index (χ1n) is 11.7. The highest BCUT2D eigenvalue weighted by molar-refractivity contribution is 6.36. The number of benzene rings is 2. The van der Waals surface area contributed by atoms with Crippen molar-refractivity contribution in [3.8, 4) is 22.7 Å². The van der Waals surface area contributed by atoms with Crippen molar-refractivity contribution in [3.63, 3.8) is 0 Å². The minimum Gasteiger partial charge on any atom is -0.492 e. The number of hydrogen-bond donors (Lipinski definition) is 2. The lowest BCUT2D eigenvalue weighted by molar-refractivity contribution is 0.259. The van der Waals surface area contributed by atoms with Crippen LogP contribution in [0.2, 0.25) is 10.0 Å². The van der Waals surface area contributed by atoms with Crippen LogP contribution in [0.4, 0.5) is 25.1 Å². The molecule has 5 rings (SSSR count). The predicted octanol–water partition coefficient (Wildman–Crippen LogP) is 5.97. The van der Waals surface area contributed by atoms with Gasteiger partial charge in [-0.3, -0.25) is 0 Å². The van der Waals surface area contributed by atoms with E-state index >= 15 is 8.78 Å². The molecular weight excluding hydrogens is 537 g/mol. The van der Waals surface area contributed by atoms with Gasteiger partial charge in [0.1, 0.15) is 28.9 Å². The third-order valence-electron chi connectivity index (χ3n) is 6.09. The van der Waals surface area contributed by atoms with Gasteiger partial charge in [0.05, 0.1) is 33.7 Å². The summed E-state index contributed by atoms with van der Waals surface area (Å²) in [6, 6.07) is 9.70. The minimum absolute atomic E-state index is 0.0467. The van der Waals surface area contributed by atoms with E-state index in [2.05, 4.69) is 10.3 Å². The maximum atomic E-state index is 15.6. The van der Waals surface area contributed by atoms with Crippen LogP contribution in [-0.2, 0) is 13.0 Å². The summed E-state index contributed by atoms with van der Waals surface area (Å²) in [6.45, 7) is 3.08. The van der Waals surface area contributed by atoms with Crippen LogP contribution in [0.5, 0.6) is 5.75 Å². The van der Waals surface area contributed by atoms with Gasteiger partial charge in [-0.05, 0) is 31.2 Å². The van der Waals surface area contributed by atoms with Gasteiger partial charge in [0.25, 0.3) is 0 Å². The molecule has 2 aromatic heterocycles. The van der Waals surface area contributed by atoms with Crippen molar-refractivity contribution in [2.75, 3.05) is 23.4 Å². The van der Waals surface area contributed by atoms with E-state index in [1.54, 1.807) is 22.9 Å². The Balaban J connectivity index is 1.70. The molecule has 4 aromatic rings. The van der Waals surface area contributed by atoms with Gasteiger partial charge in [-0.1, -0.05) is 35.3 Å². The molecule has 0 atom stereocenters. The van der Waals surface area contributed by atoms with Crippen LogP contribution in [0, 0.1) is 11.6 Å². The van der Waals surface area contributed by atoms with Crippen molar-refractivity contribution in [2.45, 2.75) is 19.9 Å². The van der Waals surface area contributed by atoms with Crippen molar-refractivity contribution in [1.29, 1.82) is 0 Å². The highest BCUT2D eigenvalue weighted by Gasteiger charge is 2.30. The number of halogens is 4. The first kappa shape index (κ1) is 25.7. The van der Waals surface area contributed by atoms with Crippen LogP contribution < -0.4 is 20.7 Å². The number of nitrogens with one attached hydrogen (secondary N) is 1. The number of nitrogens with two attached hydrogens (primary N) is 1. The molecule has 12 heteroatoms. The highest BCUT2D eigenvalue weighted by Crippen LogP contribution is 2.39. The third-order valence-corrected chi connectivity index (χ3v) is 6.57. The molecule has 38 heavy (non-hydrogen) atoms. The molecule has 0 saturated carbocycles. The second kappa shape index (κ2) is 10.5. The molecule has 1 aliphatic heterocycles. The largest absolute Gasteiger partial charge is 0.492 e. The lowest BCUT2D eigenvalue weighted by Crippen LogP contribution is -2.31.